The second kappa shape index (κ2) is 6.19. The number of hydrogen-bond donors (Lipinski definition) is 3. The van der Waals surface area contributed by atoms with Gasteiger partial charge in [0.05, 0.1) is 5.56 Å². The summed E-state index contributed by atoms with van der Waals surface area (Å²) in [6, 6.07) is 2.35. The number of rotatable bonds is 3. The van der Waals surface area contributed by atoms with E-state index >= 15 is 0 Å². The number of aromatic carboxylic acids is 1. The average Bonchev–Trinajstić information content (AvgIpc) is 2.82. The molecular formula is C12H7BrF2N2O3S. The number of benzene rings is 1. The van der Waals surface area contributed by atoms with Crippen molar-refractivity contribution < 1.29 is 23.5 Å². The fraction of sp³-hybridized carbons (Fsp3) is 0. The fourth-order valence-corrected chi connectivity index (χ4v) is 2.66. The number of halogens is 3. The summed E-state index contributed by atoms with van der Waals surface area (Å²) in [5, 5.41) is 14.7. The molecule has 0 saturated carbocycles. The van der Waals surface area contributed by atoms with E-state index in [0.29, 0.717) is 0 Å². The molecule has 2 aromatic rings. The number of carboxylic acids is 1. The molecule has 0 unspecified atom stereocenters. The zero-order valence-corrected chi connectivity index (χ0v) is 12.5. The smallest absolute Gasteiger partial charge is 0.338 e. The molecule has 0 aliphatic heterocycles. The molecule has 9 heteroatoms. The standard InChI is InChI=1S/C12H7BrF2N2O3S/c13-5-3-7(14)9(8(15)4-5)16-12(20)17-10-6(11(18)19)1-2-21-10/h1-4H,(H,18,19)(H2,16,17,20). The van der Waals surface area contributed by atoms with E-state index < -0.39 is 29.3 Å². The zero-order chi connectivity index (χ0) is 15.6. The SMILES string of the molecule is O=C(Nc1sccc1C(=O)O)Nc1c(F)cc(Br)cc1F. The third-order valence-electron chi connectivity index (χ3n) is 2.37. The van der Waals surface area contributed by atoms with Gasteiger partial charge in [-0.1, -0.05) is 15.9 Å². The third kappa shape index (κ3) is 3.56. The summed E-state index contributed by atoms with van der Waals surface area (Å²) in [5.41, 5.74) is -0.726. The van der Waals surface area contributed by atoms with Gasteiger partial charge in [-0.05, 0) is 23.6 Å². The Morgan fingerprint density at radius 2 is 1.81 bits per heavy atom. The molecule has 1 heterocycles. The van der Waals surface area contributed by atoms with Crippen molar-refractivity contribution in [1.29, 1.82) is 0 Å². The molecule has 0 bridgehead atoms. The molecule has 0 aliphatic carbocycles. The number of carbonyl (C=O) groups is 2. The molecule has 0 radical (unpaired) electrons. The van der Waals surface area contributed by atoms with Crippen LogP contribution in [0, 0.1) is 11.6 Å². The van der Waals surface area contributed by atoms with Gasteiger partial charge in [0.15, 0.2) is 11.6 Å². The van der Waals surface area contributed by atoms with Crippen LogP contribution in [-0.4, -0.2) is 17.1 Å². The number of urea groups is 1. The van der Waals surface area contributed by atoms with Crippen LogP contribution in [-0.2, 0) is 0 Å². The van der Waals surface area contributed by atoms with Crippen LogP contribution in [0.1, 0.15) is 10.4 Å². The van der Waals surface area contributed by atoms with Crippen LogP contribution in [0.2, 0.25) is 0 Å². The molecule has 2 amide bonds. The molecule has 0 saturated heterocycles. The lowest BCUT2D eigenvalue weighted by atomic mass is 10.3. The summed E-state index contributed by atoms with van der Waals surface area (Å²) < 4.78 is 27.3. The third-order valence-corrected chi connectivity index (χ3v) is 3.66. The molecular weight excluding hydrogens is 370 g/mol. The van der Waals surface area contributed by atoms with E-state index in [2.05, 4.69) is 21.2 Å². The average molecular weight is 377 g/mol. The highest BCUT2D eigenvalue weighted by Gasteiger charge is 2.17. The number of carboxylic acid groups (broad SMARTS) is 1. The Kier molecular flexibility index (Phi) is 4.53. The summed E-state index contributed by atoms with van der Waals surface area (Å²) in [6.45, 7) is 0. The first-order valence-corrected chi connectivity index (χ1v) is 7.09. The Labute approximate surface area is 129 Å². The molecule has 2 rings (SSSR count). The Balaban J connectivity index is 2.16. The van der Waals surface area contributed by atoms with Crippen molar-refractivity contribution in [3.05, 3.63) is 45.2 Å². The van der Waals surface area contributed by atoms with Crippen molar-refractivity contribution in [2.24, 2.45) is 0 Å². The second-order valence-corrected chi connectivity index (χ2v) is 5.62. The molecule has 5 nitrogen and oxygen atoms in total. The van der Waals surface area contributed by atoms with Crippen LogP contribution in [0.5, 0.6) is 0 Å². The van der Waals surface area contributed by atoms with Crippen LogP contribution in [0.25, 0.3) is 0 Å². The van der Waals surface area contributed by atoms with Crippen LogP contribution >= 0.6 is 27.3 Å². The van der Waals surface area contributed by atoms with E-state index in [-0.39, 0.29) is 15.0 Å². The highest BCUT2D eigenvalue weighted by Crippen LogP contribution is 2.26. The summed E-state index contributed by atoms with van der Waals surface area (Å²) in [5.74, 6) is -3.13. The number of carbonyl (C=O) groups excluding carboxylic acids is 1. The first-order valence-electron chi connectivity index (χ1n) is 5.42. The van der Waals surface area contributed by atoms with Crippen molar-refractivity contribution in [3.63, 3.8) is 0 Å². The molecule has 110 valence electrons. The van der Waals surface area contributed by atoms with E-state index in [0.717, 1.165) is 23.5 Å². The minimum atomic E-state index is -1.22. The van der Waals surface area contributed by atoms with Gasteiger partial charge in [0.2, 0.25) is 0 Å². The summed E-state index contributed by atoms with van der Waals surface area (Å²) in [4.78, 5) is 22.6. The largest absolute Gasteiger partial charge is 0.478 e. The van der Waals surface area contributed by atoms with Gasteiger partial charge in [0.25, 0.3) is 0 Å². The van der Waals surface area contributed by atoms with Crippen LogP contribution in [0.3, 0.4) is 0 Å². The first-order chi connectivity index (χ1) is 9.88. The van der Waals surface area contributed by atoms with Gasteiger partial charge in [-0.25, -0.2) is 18.4 Å². The lowest BCUT2D eigenvalue weighted by molar-refractivity contribution is 0.0698. The Morgan fingerprint density at radius 3 is 2.38 bits per heavy atom. The molecule has 0 atom stereocenters. The van der Waals surface area contributed by atoms with Gasteiger partial charge in [0, 0.05) is 4.47 Å². The molecule has 21 heavy (non-hydrogen) atoms. The lowest BCUT2D eigenvalue weighted by Crippen LogP contribution is -2.21. The number of thiophene rings is 1. The maximum Gasteiger partial charge on any atom is 0.338 e. The molecule has 1 aromatic carbocycles. The number of anilines is 2. The van der Waals surface area contributed by atoms with Gasteiger partial charge in [-0.2, -0.15) is 0 Å². The second-order valence-electron chi connectivity index (χ2n) is 3.79. The van der Waals surface area contributed by atoms with Crippen molar-refractivity contribution >= 4 is 50.0 Å². The van der Waals surface area contributed by atoms with E-state index in [9.17, 15) is 18.4 Å². The Bertz CT molecular complexity index is 697. The van der Waals surface area contributed by atoms with Gasteiger partial charge >= 0.3 is 12.0 Å². The summed E-state index contributed by atoms with van der Waals surface area (Å²) in [6.07, 6.45) is 0. The van der Waals surface area contributed by atoms with Crippen LogP contribution < -0.4 is 10.6 Å². The maximum atomic E-state index is 13.6. The quantitative estimate of drug-likeness (QED) is 0.753. The molecule has 0 fully saturated rings. The molecule has 0 aliphatic rings. The van der Waals surface area contributed by atoms with Crippen molar-refractivity contribution in [2.45, 2.75) is 0 Å². The number of hydrogen-bond acceptors (Lipinski definition) is 3. The van der Waals surface area contributed by atoms with Crippen molar-refractivity contribution in [1.82, 2.24) is 0 Å². The van der Waals surface area contributed by atoms with E-state index in [1.54, 1.807) is 0 Å². The Morgan fingerprint density at radius 1 is 1.19 bits per heavy atom. The minimum Gasteiger partial charge on any atom is -0.478 e. The van der Waals surface area contributed by atoms with Crippen molar-refractivity contribution in [3.8, 4) is 0 Å². The van der Waals surface area contributed by atoms with Crippen LogP contribution in [0.15, 0.2) is 28.1 Å². The first kappa shape index (κ1) is 15.4. The van der Waals surface area contributed by atoms with Crippen molar-refractivity contribution in [2.75, 3.05) is 10.6 Å². The predicted octanol–water partition coefficient (Wildman–Crippen LogP) is 4.13. The maximum absolute atomic E-state index is 13.6. The van der Waals surface area contributed by atoms with Crippen LogP contribution in [0.4, 0.5) is 24.3 Å². The highest BCUT2D eigenvalue weighted by molar-refractivity contribution is 9.10. The Hall–Kier alpha value is -2.00. The summed E-state index contributed by atoms with van der Waals surface area (Å²) in [7, 11) is 0. The van der Waals surface area contributed by atoms with E-state index in [4.69, 9.17) is 5.11 Å². The summed E-state index contributed by atoms with van der Waals surface area (Å²) >= 11 is 3.90. The van der Waals surface area contributed by atoms with Gasteiger partial charge in [-0.3, -0.25) is 5.32 Å². The topological polar surface area (TPSA) is 78.4 Å². The highest BCUT2D eigenvalue weighted by atomic mass is 79.9. The van der Waals surface area contributed by atoms with Gasteiger partial charge < -0.3 is 10.4 Å². The monoisotopic (exact) mass is 376 g/mol. The zero-order valence-electron chi connectivity index (χ0n) is 10.1. The normalized spacial score (nSPS) is 10.2. The molecule has 1 aromatic heterocycles. The van der Waals surface area contributed by atoms with E-state index in [1.165, 1.54) is 11.4 Å². The molecule has 3 N–H and O–H groups in total. The predicted molar refractivity (Wildman–Crippen MR) is 78.0 cm³/mol. The van der Waals surface area contributed by atoms with E-state index in [1.807, 2.05) is 5.32 Å². The van der Waals surface area contributed by atoms with Gasteiger partial charge in [-0.15, -0.1) is 11.3 Å². The minimum absolute atomic E-state index is 0.0675. The number of amides is 2. The fourth-order valence-electron chi connectivity index (χ4n) is 1.48. The van der Waals surface area contributed by atoms with Gasteiger partial charge in [0.1, 0.15) is 10.7 Å². The number of nitrogens with one attached hydrogen (secondary N) is 2. The molecule has 0 spiro atoms. The lowest BCUT2D eigenvalue weighted by Gasteiger charge is -2.09.